The Morgan fingerprint density at radius 2 is 1.92 bits per heavy atom. The van der Waals surface area contributed by atoms with E-state index in [2.05, 4.69) is 11.4 Å². The van der Waals surface area contributed by atoms with Gasteiger partial charge in [-0.15, -0.1) is 11.8 Å². The Hall–Kier alpha value is -1.78. The van der Waals surface area contributed by atoms with Crippen molar-refractivity contribution in [3.63, 3.8) is 0 Å². The lowest BCUT2D eigenvalue weighted by Gasteiger charge is -2.29. The number of fused-ring (bicyclic) bond motifs is 1. The van der Waals surface area contributed by atoms with Gasteiger partial charge in [0.25, 0.3) is 0 Å². The van der Waals surface area contributed by atoms with Crippen molar-refractivity contribution >= 4 is 17.7 Å². The molecule has 0 saturated heterocycles. The van der Waals surface area contributed by atoms with Crippen LogP contribution < -0.4 is 5.32 Å². The van der Waals surface area contributed by atoms with Gasteiger partial charge in [-0.2, -0.15) is 0 Å². The first-order valence-corrected chi connectivity index (χ1v) is 9.41. The lowest BCUT2D eigenvalue weighted by molar-refractivity contribution is -0.121. The molecule has 1 aliphatic heterocycles. The molecule has 0 bridgehead atoms. The fourth-order valence-corrected chi connectivity index (χ4v) is 4.39. The standard InChI is InChI=1S/C20H23NO2S/c1-14(15-7-3-2-4-8-15)18(13-22)21-20(23)19-17-10-6-5-9-16(17)11-12-24-19/h2-10,14,18-19,22H,11-13H2,1H3,(H,21,23)/t14-,18+,19+/m1/s1. The number of amides is 1. The summed E-state index contributed by atoms with van der Waals surface area (Å²) in [6.07, 6.45) is 1.01. The lowest BCUT2D eigenvalue weighted by Crippen LogP contribution is -2.43. The maximum absolute atomic E-state index is 12.8. The topological polar surface area (TPSA) is 49.3 Å². The van der Waals surface area contributed by atoms with E-state index in [0.29, 0.717) is 0 Å². The molecule has 2 aromatic carbocycles. The van der Waals surface area contributed by atoms with Crippen LogP contribution in [0.15, 0.2) is 54.6 Å². The number of aliphatic hydroxyl groups is 1. The molecule has 0 fully saturated rings. The molecule has 2 aromatic rings. The first kappa shape index (κ1) is 17.1. The summed E-state index contributed by atoms with van der Waals surface area (Å²) in [6, 6.07) is 17.9. The van der Waals surface area contributed by atoms with Crippen LogP contribution in [0.2, 0.25) is 0 Å². The van der Waals surface area contributed by atoms with Crippen molar-refractivity contribution in [2.24, 2.45) is 0 Å². The minimum Gasteiger partial charge on any atom is -0.394 e. The van der Waals surface area contributed by atoms with E-state index in [-0.39, 0.29) is 29.7 Å². The van der Waals surface area contributed by atoms with Gasteiger partial charge in [0.2, 0.25) is 5.91 Å². The molecule has 4 heteroatoms. The maximum Gasteiger partial charge on any atom is 0.237 e. The van der Waals surface area contributed by atoms with Gasteiger partial charge in [0.1, 0.15) is 5.25 Å². The van der Waals surface area contributed by atoms with Crippen LogP contribution in [-0.4, -0.2) is 29.4 Å². The summed E-state index contributed by atoms with van der Waals surface area (Å²) in [5.41, 5.74) is 3.48. The fourth-order valence-electron chi connectivity index (χ4n) is 3.19. The normalized spacial score (nSPS) is 19.2. The van der Waals surface area contributed by atoms with Crippen LogP contribution in [0.25, 0.3) is 0 Å². The number of carbonyl (C=O) groups is 1. The van der Waals surface area contributed by atoms with Gasteiger partial charge in [-0.05, 0) is 28.9 Å². The quantitative estimate of drug-likeness (QED) is 0.877. The van der Waals surface area contributed by atoms with Gasteiger partial charge in [-0.1, -0.05) is 61.5 Å². The van der Waals surface area contributed by atoms with Crippen LogP contribution in [-0.2, 0) is 11.2 Å². The van der Waals surface area contributed by atoms with Crippen molar-refractivity contribution in [1.29, 1.82) is 0 Å². The van der Waals surface area contributed by atoms with E-state index in [1.807, 2.05) is 55.5 Å². The van der Waals surface area contributed by atoms with Crippen LogP contribution in [0.4, 0.5) is 0 Å². The molecular weight excluding hydrogens is 318 g/mol. The Labute approximate surface area is 147 Å². The molecule has 0 saturated carbocycles. The molecule has 3 nitrogen and oxygen atoms in total. The monoisotopic (exact) mass is 341 g/mol. The second kappa shape index (κ2) is 7.86. The molecule has 1 heterocycles. The van der Waals surface area contributed by atoms with Crippen molar-refractivity contribution in [1.82, 2.24) is 5.32 Å². The molecule has 2 N–H and O–H groups in total. The van der Waals surface area contributed by atoms with Crippen molar-refractivity contribution < 1.29 is 9.90 Å². The number of thioether (sulfide) groups is 1. The molecule has 0 aromatic heterocycles. The van der Waals surface area contributed by atoms with E-state index in [9.17, 15) is 9.90 Å². The minimum absolute atomic E-state index is 0.00557. The third kappa shape index (κ3) is 3.65. The van der Waals surface area contributed by atoms with Crippen LogP contribution in [0.5, 0.6) is 0 Å². The summed E-state index contributed by atoms with van der Waals surface area (Å²) in [4.78, 5) is 12.8. The second-order valence-corrected chi connectivity index (χ2v) is 7.41. The largest absolute Gasteiger partial charge is 0.394 e. The molecule has 3 rings (SSSR count). The Kier molecular flexibility index (Phi) is 5.59. The predicted octanol–water partition coefficient (Wildman–Crippen LogP) is 3.30. The summed E-state index contributed by atoms with van der Waals surface area (Å²) in [7, 11) is 0. The average Bonchev–Trinajstić information content (AvgIpc) is 2.65. The van der Waals surface area contributed by atoms with E-state index in [0.717, 1.165) is 23.3 Å². The first-order chi connectivity index (χ1) is 11.7. The summed E-state index contributed by atoms with van der Waals surface area (Å²) >= 11 is 1.68. The number of aliphatic hydroxyl groups excluding tert-OH is 1. The minimum atomic E-state index is -0.283. The van der Waals surface area contributed by atoms with E-state index < -0.39 is 0 Å². The molecule has 3 atom stereocenters. The third-order valence-corrected chi connectivity index (χ3v) is 5.93. The zero-order valence-electron chi connectivity index (χ0n) is 13.8. The number of hydrogen-bond donors (Lipinski definition) is 2. The van der Waals surface area contributed by atoms with Crippen molar-refractivity contribution in [2.75, 3.05) is 12.4 Å². The Balaban J connectivity index is 1.74. The highest BCUT2D eigenvalue weighted by Crippen LogP contribution is 2.37. The smallest absolute Gasteiger partial charge is 0.237 e. The van der Waals surface area contributed by atoms with Crippen LogP contribution in [0.1, 0.15) is 34.8 Å². The Morgan fingerprint density at radius 1 is 1.21 bits per heavy atom. The van der Waals surface area contributed by atoms with Gasteiger partial charge in [0.15, 0.2) is 0 Å². The van der Waals surface area contributed by atoms with Gasteiger partial charge in [-0.25, -0.2) is 0 Å². The number of benzene rings is 2. The fraction of sp³-hybridized carbons (Fsp3) is 0.350. The second-order valence-electron chi connectivity index (χ2n) is 6.20. The zero-order valence-corrected chi connectivity index (χ0v) is 14.6. The summed E-state index contributed by atoms with van der Waals surface area (Å²) in [5.74, 6) is 1.01. The highest BCUT2D eigenvalue weighted by molar-refractivity contribution is 8.00. The summed E-state index contributed by atoms with van der Waals surface area (Å²) in [5, 5.41) is 12.7. The molecule has 1 aliphatic rings. The molecule has 0 spiro atoms. The zero-order chi connectivity index (χ0) is 16.9. The number of nitrogens with one attached hydrogen (secondary N) is 1. The first-order valence-electron chi connectivity index (χ1n) is 8.36. The highest BCUT2D eigenvalue weighted by atomic mass is 32.2. The molecule has 24 heavy (non-hydrogen) atoms. The van der Waals surface area contributed by atoms with Gasteiger partial charge in [-0.3, -0.25) is 4.79 Å². The third-order valence-electron chi connectivity index (χ3n) is 4.68. The van der Waals surface area contributed by atoms with Gasteiger partial charge < -0.3 is 10.4 Å². The lowest BCUT2D eigenvalue weighted by atomic mass is 9.93. The van der Waals surface area contributed by atoms with Gasteiger partial charge >= 0.3 is 0 Å². The number of aryl methyl sites for hydroxylation is 1. The molecule has 1 amide bonds. The highest BCUT2D eigenvalue weighted by Gasteiger charge is 2.29. The molecule has 0 unspecified atom stereocenters. The van der Waals surface area contributed by atoms with Crippen LogP contribution >= 0.6 is 11.8 Å². The summed E-state index contributed by atoms with van der Waals surface area (Å²) in [6.45, 7) is 1.97. The molecule has 0 radical (unpaired) electrons. The number of carbonyl (C=O) groups excluding carboxylic acids is 1. The number of hydrogen-bond acceptors (Lipinski definition) is 3. The Bertz CT molecular complexity index is 689. The molecular formula is C20H23NO2S. The Morgan fingerprint density at radius 3 is 2.67 bits per heavy atom. The van der Waals surface area contributed by atoms with Crippen molar-refractivity contribution in [2.45, 2.75) is 30.6 Å². The van der Waals surface area contributed by atoms with Gasteiger partial charge in [0, 0.05) is 5.92 Å². The maximum atomic E-state index is 12.8. The molecule has 126 valence electrons. The van der Waals surface area contributed by atoms with E-state index >= 15 is 0 Å². The van der Waals surface area contributed by atoms with Crippen LogP contribution in [0, 0.1) is 0 Å². The van der Waals surface area contributed by atoms with Crippen molar-refractivity contribution in [3.05, 3.63) is 71.3 Å². The van der Waals surface area contributed by atoms with E-state index in [1.165, 1.54) is 5.56 Å². The van der Waals surface area contributed by atoms with Crippen molar-refractivity contribution in [3.8, 4) is 0 Å². The van der Waals surface area contributed by atoms with E-state index in [1.54, 1.807) is 11.8 Å². The summed E-state index contributed by atoms with van der Waals surface area (Å²) < 4.78 is 0. The van der Waals surface area contributed by atoms with Crippen LogP contribution in [0.3, 0.4) is 0 Å². The van der Waals surface area contributed by atoms with E-state index in [4.69, 9.17) is 0 Å². The number of rotatable bonds is 5. The predicted molar refractivity (Wildman–Crippen MR) is 99.2 cm³/mol. The molecule has 0 aliphatic carbocycles. The average molecular weight is 341 g/mol. The van der Waals surface area contributed by atoms with Gasteiger partial charge in [0.05, 0.1) is 12.6 Å². The SMILES string of the molecule is C[C@H](c1ccccc1)[C@H](CO)NC(=O)[C@H]1SCCc2ccccc21.